The molecule has 0 saturated carbocycles. The molecule has 37 heavy (non-hydrogen) atoms. The minimum atomic E-state index is -5.13. The van der Waals surface area contributed by atoms with Gasteiger partial charge in [-0.2, -0.15) is 26.3 Å². The van der Waals surface area contributed by atoms with Crippen molar-refractivity contribution in [1.29, 1.82) is 0 Å². The summed E-state index contributed by atoms with van der Waals surface area (Å²) in [5.74, 6) is -14.7. The van der Waals surface area contributed by atoms with Crippen molar-refractivity contribution in [1.82, 2.24) is 0 Å². The zero-order chi connectivity index (χ0) is 27.9. The molecule has 0 radical (unpaired) electrons. The minimum absolute atomic E-state index is 0.114. The monoisotopic (exact) mass is 541 g/mol. The standard InChI is InChI=1S/C22H9F10NO4/c23-15-13(14(20(35)36)16(24)18(26)17(15)25)19(34)33-10-1-3-11(4-2-10)37-12-6-8(21(27,28)29)5-9(7-12)22(30,31)32/h1-7H,(H,33,34)(H,35,36). The van der Waals surface area contributed by atoms with Gasteiger partial charge < -0.3 is 15.2 Å². The highest BCUT2D eigenvalue weighted by Gasteiger charge is 2.37. The fourth-order valence-corrected chi connectivity index (χ4v) is 2.97. The number of carbonyl (C=O) groups is 2. The van der Waals surface area contributed by atoms with E-state index in [9.17, 15) is 53.5 Å². The number of alkyl halides is 6. The molecule has 15 heteroatoms. The molecule has 0 heterocycles. The SMILES string of the molecule is O=C(O)c1c(F)c(F)c(F)c(F)c1C(=O)Nc1ccc(Oc2cc(C(F)(F)F)cc(C(F)(F)F)c2)cc1. The summed E-state index contributed by atoms with van der Waals surface area (Å²) in [6, 6.07) is 4.22. The maximum atomic E-state index is 14.1. The number of benzene rings is 3. The summed E-state index contributed by atoms with van der Waals surface area (Å²) in [7, 11) is 0. The first-order valence-electron chi connectivity index (χ1n) is 9.48. The van der Waals surface area contributed by atoms with Crippen molar-refractivity contribution in [2.45, 2.75) is 12.4 Å². The smallest absolute Gasteiger partial charge is 0.416 e. The lowest BCUT2D eigenvalue weighted by molar-refractivity contribution is -0.143. The number of carboxylic acids is 1. The van der Waals surface area contributed by atoms with Crippen molar-refractivity contribution in [3.63, 3.8) is 0 Å². The Morgan fingerprint density at radius 2 is 1.14 bits per heavy atom. The van der Waals surface area contributed by atoms with Gasteiger partial charge in [0.2, 0.25) is 0 Å². The second kappa shape index (κ2) is 9.63. The predicted molar refractivity (Wildman–Crippen MR) is 104 cm³/mol. The molecule has 5 nitrogen and oxygen atoms in total. The Morgan fingerprint density at radius 3 is 1.57 bits per heavy atom. The number of carboxylic acid groups (broad SMARTS) is 1. The summed E-state index contributed by atoms with van der Waals surface area (Å²) in [6.45, 7) is 0. The van der Waals surface area contributed by atoms with Gasteiger partial charge in [-0.05, 0) is 42.5 Å². The van der Waals surface area contributed by atoms with Crippen LogP contribution in [0, 0.1) is 23.3 Å². The van der Waals surface area contributed by atoms with Gasteiger partial charge in [-0.15, -0.1) is 0 Å². The van der Waals surface area contributed by atoms with E-state index in [1.807, 2.05) is 5.32 Å². The van der Waals surface area contributed by atoms with Gasteiger partial charge in [0.05, 0.1) is 16.7 Å². The van der Waals surface area contributed by atoms with Crippen LogP contribution in [0.3, 0.4) is 0 Å². The van der Waals surface area contributed by atoms with Crippen LogP contribution in [0.1, 0.15) is 31.8 Å². The predicted octanol–water partition coefficient (Wildman–Crippen LogP) is 7.02. The summed E-state index contributed by atoms with van der Waals surface area (Å²) >= 11 is 0. The van der Waals surface area contributed by atoms with Crippen molar-refractivity contribution in [3.05, 3.63) is 88.0 Å². The highest BCUT2D eigenvalue weighted by atomic mass is 19.4. The Morgan fingerprint density at radius 1 is 0.676 bits per heavy atom. The number of amides is 1. The molecule has 3 aromatic rings. The van der Waals surface area contributed by atoms with Gasteiger partial charge >= 0.3 is 18.3 Å². The quantitative estimate of drug-likeness (QED) is 0.207. The number of halogens is 10. The highest BCUT2D eigenvalue weighted by molar-refractivity contribution is 6.11. The number of nitrogens with one attached hydrogen (secondary N) is 1. The lowest BCUT2D eigenvalue weighted by atomic mass is 10.0. The molecule has 1 amide bonds. The van der Waals surface area contributed by atoms with Crippen LogP contribution in [0.15, 0.2) is 42.5 Å². The Balaban J connectivity index is 1.89. The van der Waals surface area contributed by atoms with E-state index in [1.54, 1.807) is 0 Å². The molecule has 3 aromatic carbocycles. The molecule has 0 atom stereocenters. The van der Waals surface area contributed by atoms with E-state index in [2.05, 4.69) is 0 Å². The second-order valence-electron chi connectivity index (χ2n) is 7.13. The lowest BCUT2D eigenvalue weighted by Gasteiger charge is -2.15. The van der Waals surface area contributed by atoms with Crippen LogP contribution in [0.4, 0.5) is 49.6 Å². The molecule has 196 valence electrons. The van der Waals surface area contributed by atoms with Gasteiger partial charge in [-0.1, -0.05) is 0 Å². The third kappa shape index (κ3) is 5.76. The summed E-state index contributed by atoms with van der Waals surface area (Å²) in [4.78, 5) is 23.5. The van der Waals surface area contributed by atoms with E-state index in [0.29, 0.717) is 12.1 Å². The van der Waals surface area contributed by atoms with E-state index in [-0.39, 0.29) is 17.5 Å². The van der Waals surface area contributed by atoms with Crippen LogP contribution >= 0.6 is 0 Å². The van der Waals surface area contributed by atoms with Crippen molar-refractivity contribution < 1.29 is 63.3 Å². The van der Waals surface area contributed by atoms with E-state index in [1.165, 1.54) is 0 Å². The third-order valence-electron chi connectivity index (χ3n) is 4.62. The summed E-state index contributed by atoms with van der Waals surface area (Å²) in [5.41, 5.74) is -7.06. The molecule has 0 aliphatic heterocycles. The van der Waals surface area contributed by atoms with Gasteiger partial charge in [0.25, 0.3) is 5.91 Å². The molecule has 0 aromatic heterocycles. The van der Waals surface area contributed by atoms with Gasteiger partial charge in [-0.25, -0.2) is 22.4 Å². The maximum absolute atomic E-state index is 14.1. The topological polar surface area (TPSA) is 75.6 Å². The fraction of sp³-hybridized carbons (Fsp3) is 0.0909. The van der Waals surface area contributed by atoms with Crippen molar-refractivity contribution in [2.24, 2.45) is 0 Å². The lowest BCUT2D eigenvalue weighted by Crippen LogP contribution is -2.22. The third-order valence-corrected chi connectivity index (χ3v) is 4.62. The second-order valence-corrected chi connectivity index (χ2v) is 7.13. The first-order chi connectivity index (χ1) is 17.0. The molecule has 0 unspecified atom stereocenters. The molecule has 0 spiro atoms. The zero-order valence-electron chi connectivity index (χ0n) is 17.5. The Hall–Kier alpha value is -4.30. The zero-order valence-corrected chi connectivity index (χ0v) is 17.5. The van der Waals surface area contributed by atoms with Crippen LogP contribution in [-0.4, -0.2) is 17.0 Å². The van der Waals surface area contributed by atoms with E-state index >= 15 is 0 Å². The first-order valence-corrected chi connectivity index (χ1v) is 9.48. The van der Waals surface area contributed by atoms with Crippen LogP contribution < -0.4 is 10.1 Å². The molecule has 0 bridgehead atoms. The van der Waals surface area contributed by atoms with Gasteiger partial charge in [0, 0.05) is 5.69 Å². The van der Waals surface area contributed by atoms with Crippen molar-refractivity contribution >= 4 is 17.6 Å². The first kappa shape index (κ1) is 27.3. The molecular weight excluding hydrogens is 532 g/mol. The van der Waals surface area contributed by atoms with E-state index in [4.69, 9.17) is 9.84 Å². The summed E-state index contributed by atoms with van der Waals surface area (Å²) in [5, 5.41) is 10.9. The van der Waals surface area contributed by atoms with Gasteiger partial charge in [0.15, 0.2) is 23.3 Å². The number of carbonyl (C=O) groups excluding carboxylic acids is 1. The molecular formula is C22H9F10NO4. The summed E-state index contributed by atoms with van der Waals surface area (Å²) < 4.78 is 138. The Labute approximate surface area is 198 Å². The number of anilines is 1. The van der Waals surface area contributed by atoms with Crippen molar-refractivity contribution in [3.8, 4) is 11.5 Å². The van der Waals surface area contributed by atoms with Crippen molar-refractivity contribution in [2.75, 3.05) is 5.32 Å². The number of ether oxygens (including phenoxy) is 1. The largest absolute Gasteiger partial charge is 0.478 e. The number of hydrogen-bond donors (Lipinski definition) is 2. The number of aromatic carboxylic acids is 1. The minimum Gasteiger partial charge on any atom is -0.478 e. The average Bonchev–Trinajstić information content (AvgIpc) is 2.79. The van der Waals surface area contributed by atoms with E-state index < -0.39 is 75.5 Å². The molecule has 3 rings (SSSR count). The average molecular weight is 541 g/mol. The highest BCUT2D eigenvalue weighted by Crippen LogP contribution is 2.39. The van der Waals surface area contributed by atoms with Gasteiger partial charge in [0.1, 0.15) is 17.1 Å². The molecule has 0 aliphatic rings. The van der Waals surface area contributed by atoms with Crippen LogP contribution in [-0.2, 0) is 12.4 Å². The fourth-order valence-electron chi connectivity index (χ4n) is 2.97. The Bertz CT molecular complexity index is 1350. The maximum Gasteiger partial charge on any atom is 0.416 e. The molecule has 0 saturated heterocycles. The van der Waals surface area contributed by atoms with Crippen LogP contribution in [0.2, 0.25) is 0 Å². The van der Waals surface area contributed by atoms with Gasteiger partial charge in [-0.3, -0.25) is 4.79 Å². The van der Waals surface area contributed by atoms with Crippen LogP contribution in [0.5, 0.6) is 11.5 Å². The van der Waals surface area contributed by atoms with Crippen LogP contribution in [0.25, 0.3) is 0 Å². The molecule has 0 aliphatic carbocycles. The number of rotatable bonds is 5. The molecule has 0 fully saturated rings. The molecule has 2 N–H and O–H groups in total. The normalized spacial score (nSPS) is 11.8. The summed E-state index contributed by atoms with van der Waals surface area (Å²) in [6.07, 6.45) is -10.3. The Kier molecular flexibility index (Phi) is 7.10. The number of hydrogen-bond acceptors (Lipinski definition) is 3. The van der Waals surface area contributed by atoms with E-state index in [0.717, 1.165) is 24.3 Å².